The normalized spacial score (nSPS) is 21.0. The molecule has 2 aliphatic rings. The van der Waals surface area contributed by atoms with E-state index < -0.39 is 12.1 Å². The first-order chi connectivity index (χ1) is 11.9. The number of amides is 1. The van der Waals surface area contributed by atoms with Crippen LogP contribution in [0.1, 0.15) is 19.3 Å². The maximum atomic E-state index is 12.8. The summed E-state index contributed by atoms with van der Waals surface area (Å²) < 4.78 is 49.3. The summed E-state index contributed by atoms with van der Waals surface area (Å²) in [6.45, 7) is 1.85. The summed E-state index contributed by atoms with van der Waals surface area (Å²) in [6.07, 6.45) is -3.33. The molecule has 0 bridgehead atoms. The van der Waals surface area contributed by atoms with E-state index in [0.717, 1.165) is 0 Å². The lowest BCUT2D eigenvalue weighted by Gasteiger charge is -2.33. The van der Waals surface area contributed by atoms with Gasteiger partial charge in [0, 0.05) is 31.3 Å². The quantitative estimate of drug-likeness (QED) is 0.899. The highest BCUT2D eigenvalue weighted by Crippen LogP contribution is 2.34. The lowest BCUT2D eigenvalue weighted by atomic mass is 9.97. The summed E-state index contributed by atoms with van der Waals surface area (Å²) in [5.74, 6) is -0.309. The Morgan fingerprint density at radius 1 is 1.24 bits per heavy atom. The van der Waals surface area contributed by atoms with E-state index in [-0.39, 0.29) is 25.3 Å². The van der Waals surface area contributed by atoms with Crippen LogP contribution in [0.4, 0.5) is 18.9 Å². The molecular weight excluding hydrogens is 337 g/mol. The van der Waals surface area contributed by atoms with Crippen molar-refractivity contribution in [3.63, 3.8) is 0 Å². The molecule has 0 aliphatic carbocycles. The Labute approximate surface area is 144 Å². The number of carbonyl (C=O) groups excluding carboxylic acids is 1. The van der Waals surface area contributed by atoms with Crippen LogP contribution in [-0.4, -0.2) is 49.8 Å². The number of hydrogen-bond donors (Lipinski definition) is 1. The Kier molecular flexibility index (Phi) is 5.36. The van der Waals surface area contributed by atoms with Crippen LogP contribution < -0.4 is 14.8 Å². The van der Waals surface area contributed by atoms with Gasteiger partial charge in [-0.25, -0.2) is 0 Å². The number of hydrogen-bond acceptors (Lipinski definition) is 4. The van der Waals surface area contributed by atoms with Crippen LogP contribution in [-0.2, 0) is 4.79 Å². The predicted octanol–water partition coefficient (Wildman–Crippen LogP) is 3.06. The third-order valence-corrected chi connectivity index (χ3v) is 4.45. The number of halogens is 3. The van der Waals surface area contributed by atoms with Gasteiger partial charge in [-0.2, -0.15) is 13.2 Å². The molecule has 2 aliphatic heterocycles. The van der Waals surface area contributed by atoms with Crippen LogP contribution >= 0.6 is 0 Å². The fraction of sp³-hybridized carbons (Fsp3) is 0.588. The molecule has 1 unspecified atom stereocenters. The molecule has 0 spiro atoms. The van der Waals surface area contributed by atoms with Crippen molar-refractivity contribution in [2.45, 2.75) is 25.4 Å². The molecule has 0 saturated carbocycles. The zero-order valence-electron chi connectivity index (χ0n) is 13.8. The van der Waals surface area contributed by atoms with E-state index >= 15 is 0 Å². The van der Waals surface area contributed by atoms with Crippen LogP contribution in [0.3, 0.4) is 0 Å². The largest absolute Gasteiger partial charge is 0.486 e. The first kappa shape index (κ1) is 17.8. The molecule has 25 heavy (non-hydrogen) atoms. The smallest absolute Gasteiger partial charge is 0.393 e. The number of alkyl halides is 3. The molecule has 1 saturated heterocycles. The molecule has 8 heteroatoms. The van der Waals surface area contributed by atoms with Gasteiger partial charge in [-0.05, 0) is 31.5 Å². The minimum Gasteiger partial charge on any atom is -0.486 e. The summed E-state index contributed by atoms with van der Waals surface area (Å²) in [5.41, 5.74) is 0.584. The zero-order valence-corrected chi connectivity index (χ0v) is 13.8. The molecule has 0 aromatic heterocycles. The summed E-state index contributed by atoms with van der Waals surface area (Å²) >= 11 is 0. The highest BCUT2D eigenvalue weighted by atomic mass is 19.4. The second kappa shape index (κ2) is 7.51. The Morgan fingerprint density at radius 2 is 2.00 bits per heavy atom. The first-order valence-electron chi connectivity index (χ1n) is 8.40. The molecule has 1 atom stereocenters. The van der Waals surface area contributed by atoms with Gasteiger partial charge in [-0.3, -0.25) is 4.79 Å². The number of ether oxygens (including phenoxy) is 2. The molecule has 5 nitrogen and oxygen atoms in total. The Hall–Kier alpha value is -1.96. The van der Waals surface area contributed by atoms with Crippen molar-refractivity contribution in [1.29, 1.82) is 0 Å². The molecule has 1 aromatic carbocycles. The van der Waals surface area contributed by atoms with E-state index in [1.54, 1.807) is 23.1 Å². The van der Waals surface area contributed by atoms with Crippen LogP contribution in [0.5, 0.6) is 11.5 Å². The molecule has 1 aromatic rings. The van der Waals surface area contributed by atoms with Crippen LogP contribution in [0, 0.1) is 5.92 Å². The molecule has 0 radical (unpaired) electrons. The maximum Gasteiger partial charge on any atom is 0.393 e. The van der Waals surface area contributed by atoms with Gasteiger partial charge in [0.25, 0.3) is 0 Å². The van der Waals surface area contributed by atoms with Crippen LogP contribution in [0.25, 0.3) is 0 Å². The van der Waals surface area contributed by atoms with E-state index in [1.165, 1.54) is 0 Å². The lowest BCUT2D eigenvalue weighted by Crippen LogP contribution is -2.42. The van der Waals surface area contributed by atoms with Crippen molar-refractivity contribution < 1.29 is 27.4 Å². The molecule has 3 rings (SSSR count). The fourth-order valence-electron chi connectivity index (χ4n) is 3.13. The first-order valence-corrected chi connectivity index (χ1v) is 8.40. The van der Waals surface area contributed by atoms with Gasteiger partial charge in [-0.15, -0.1) is 0 Å². The molecule has 1 N–H and O–H groups in total. The topological polar surface area (TPSA) is 50.8 Å². The van der Waals surface area contributed by atoms with Crippen molar-refractivity contribution >= 4 is 11.6 Å². The number of rotatable bonds is 4. The Morgan fingerprint density at radius 3 is 2.76 bits per heavy atom. The summed E-state index contributed by atoms with van der Waals surface area (Å²) in [4.78, 5) is 13.8. The number of carbonyl (C=O) groups is 1. The van der Waals surface area contributed by atoms with Crippen LogP contribution in [0.2, 0.25) is 0 Å². The standard InChI is InChI=1S/C17H21F3N2O3/c18-17(19,20)12-2-1-6-22(11-12)7-5-16(23)21-13-3-4-14-15(10-13)25-9-8-24-14/h3-4,10,12H,1-2,5-9,11H2,(H,21,23). The summed E-state index contributed by atoms with van der Waals surface area (Å²) in [7, 11) is 0. The number of nitrogens with zero attached hydrogens (tertiary/aromatic N) is 1. The van der Waals surface area contributed by atoms with E-state index in [1.807, 2.05) is 0 Å². The Bertz CT molecular complexity index is 622. The van der Waals surface area contributed by atoms with Gasteiger partial charge >= 0.3 is 6.18 Å². The van der Waals surface area contributed by atoms with Crippen molar-refractivity contribution in [3.8, 4) is 11.5 Å². The van der Waals surface area contributed by atoms with Crippen molar-refractivity contribution in [3.05, 3.63) is 18.2 Å². The number of fused-ring (bicyclic) bond motifs is 1. The van der Waals surface area contributed by atoms with Crippen molar-refractivity contribution in [2.24, 2.45) is 5.92 Å². The minimum atomic E-state index is -4.16. The molecular formula is C17H21F3N2O3. The lowest BCUT2D eigenvalue weighted by molar-refractivity contribution is -0.186. The average Bonchev–Trinajstić information content (AvgIpc) is 2.59. The SMILES string of the molecule is O=C(CCN1CCCC(C(F)(F)F)C1)Nc1ccc2c(c1)OCCO2. The van der Waals surface area contributed by atoms with Gasteiger partial charge in [0.2, 0.25) is 5.91 Å². The number of nitrogens with one attached hydrogen (secondary N) is 1. The number of benzene rings is 1. The number of anilines is 1. The fourth-order valence-corrected chi connectivity index (χ4v) is 3.13. The van der Waals surface area contributed by atoms with Crippen molar-refractivity contribution in [1.82, 2.24) is 4.90 Å². The molecule has 1 amide bonds. The number of likely N-dealkylation sites (tertiary alicyclic amines) is 1. The predicted molar refractivity (Wildman–Crippen MR) is 85.9 cm³/mol. The third kappa shape index (κ3) is 4.78. The summed E-state index contributed by atoms with van der Waals surface area (Å²) in [6, 6.07) is 5.13. The van der Waals surface area contributed by atoms with E-state index in [9.17, 15) is 18.0 Å². The second-order valence-corrected chi connectivity index (χ2v) is 6.34. The third-order valence-electron chi connectivity index (χ3n) is 4.45. The molecule has 2 heterocycles. The summed E-state index contributed by atoms with van der Waals surface area (Å²) in [5, 5.41) is 2.75. The zero-order chi connectivity index (χ0) is 17.9. The Balaban J connectivity index is 1.48. The van der Waals surface area contributed by atoms with Crippen molar-refractivity contribution in [2.75, 3.05) is 38.2 Å². The van der Waals surface area contributed by atoms with E-state index in [4.69, 9.17) is 9.47 Å². The average molecular weight is 358 g/mol. The van der Waals surface area contributed by atoms with Crippen LogP contribution in [0.15, 0.2) is 18.2 Å². The monoisotopic (exact) mass is 358 g/mol. The maximum absolute atomic E-state index is 12.8. The molecule has 1 fully saturated rings. The van der Waals surface area contributed by atoms with Gasteiger partial charge in [0.1, 0.15) is 13.2 Å². The van der Waals surface area contributed by atoms with Gasteiger partial charge in [0.05, 0.1) is 5.92 Å². The minimum absolute atomic E-state index is 0.0270. The highest BCUT2D eigenvalue weighted by molar-refractivity contribution is 5.91. The highest BCUT2D eigenvalue weighted by Gasteiger charge is 2.41. The van der Waals surface area contributed by atoms with E-state index in [0.29, 0.717) is 49.9 Å². The van der Waals surface area contributed by atoms with Gasteiger partial charge in [-0.1, -0.05) is 0 Å². The van der Waals surface area contributed by atoms with E-state index in [2.05, 4.69) is 5.32 Å². The van der Waals surface area contributed by atoms with Gasteiger partial charge < -0.3 is 19.7 Å². The molecule has 138 valence electrons. The number of piperidine rings is 1. The van der Waals surface area contributed by atoms with Gasteiger partial charge in [0.15, 0.2) is 11.5 Å². The second-order valence-electron chi connectivity index (χ2n) is 6.34.